The van der Waals surface area contributed by atoms with E-state index in [-0.39, 0.29) is 0 Å². The molecule has 2 rings (SSSR count). The van der Waals surface area contributed by atoms with Gasteiger partial charge in [-0.05, 0) is 78.0 Å². The highest BCUT2D eigenvalue weighted by molar-refractivity contribution is 14.1. The van der Waals surface area contributed by atoms with E-state index in [0.29, 0.717) is 18.2 Å². The van der Waals surface area contributed by atoms with Crippen LogP contribution in [0.5, 0.6) is 0 Å². The van der Waals surface area contributed by atoms with Crippen LogP contribution in [-0.4, -0.2) is 12.5 Å². The maximum atomic E-state index is 12.3. The Labute approximate surface area is 129 Å². The lowest BCUT2D eigenvalue weighted by Crippen LogP contribution is -2.31. The average Bonchev–Trinajstić information content (AvgIpc) is 2.49. The highest BCUT2D eigenvalue weighted by Gasteiger charge is 2.21. The summed E-state index contributed by atoms with van der Waals surface area (Å²) in [6.07, 6.45) is 4.97. The largest absolute Gasteiger partial charge is 0.312 e. The van der Waals surface area contributed by atoms with Gasteiger partial charge in [-0.1, -0.05) is 13.8 Å². The number of nitrogens with zero attached hydrogens (tertiary/aromatic N) is 1. The summed E-state index contributed by atoms with van der Waals surface area (Å²) in [7, 11) is 0. The molecule has 0 fully saturated rings. The molecule has 1 amide bonds. The first-order chi connectivity index (χ1) is 9.08. The number of benzene rings is 1. The van der Waals surface area contributed by atoms with Crippen molar-refractivity contribution in [2.45, 2.75) is 46.0 Å². The third-order valence-corrected chi connectivity index (χ3v) is 4.30. The van der Waals surface area contributed by atoms with E-state index in [4.69, 9.17) is 0 Å². The first kappa shape index (κ1) is 14.8. The number of hydrogen-bond donors (Lipinski definition) is 0. The molecule has 3 heteroatoms. The minimum Gasteiger partial charge on any atom is -0.312 e. The van der Waals surface area contributed by atoms with Crippen molar-refractivity contribution >= 4 is 34.2 Å². The Hall–Kier alpha value is -0.580. The fourth-order valence-corrected chi connectivity index (χ4v) is 3.18. The molecule has 0 atom stereocenters. The van der Waals surface area contributed by atoms with Gasteiger partial charge < -0.3 is 4.90 Å². The second-order valence-corrected chi connectivity index (χ2v) is 6.95. The van der Waals surface area contributed by atoms with Gasteiger partial charge in [0, 0.05) is 22.2 Å². The van der Waals surface area contributed by atoms with Gasteiger partial charge in [0.05, 0.1) is 0 Å². The van der Waals surface area contributed by atoms with Crippen LogP contribution in [0.25, 0.3) is 0 Å². The molecule has 1 aliphatic rings. The highest BCUT2D eigenvalue weighted by atomic mass is 127. The number of anilines is 1. The zero-order valence-corrected chi connectivity index (χ0v) is 13.9. The van der Waals surface area contributed by atoms with Gasteiger partial charge in [-0.2, -0.15) is 0 Å². The Morgan fingerprint density at radius 3 is 2.84 bits per heavy atom. The summed E-state index contributed by atoms with van der Waals surface area (Å²) in [5.41, 5.74) is 2.48. The second kappa shape index (κ2) is 6.73. The van der Waals surface area contributed by atoms with Gasteiger partial charge in [-0.15, -0.1) is 0 Å². The van der Waals surface area contributed by atoms with Gasteiger partial charge >= 0.3 is 0 Å². The quantitative estimate of drug-likeness (QED) is 0.719. The van der Waals surface area contributed by atoms with Gasteiger partial charge in [-0.3, -0.25) is 4.79 Å². The van der Waals surface area contributed by atoms with Gasteiger partial charge in [-0.25, -0.2) is 0 Å². The smallest absolute Gasteiger partial charge is 0.226 e. The predicted octanol–water partition coefficient (Wildman–Crippen LogP) is 4.40. The van der Waals surface area contributed by atoms with E-state index >= 15 is 0 Å². The molecule has 104 valence electrons. The van der Waals surface area contributed by atoms with Crippen molar-refractivity contribution in [1.82, 2.24) is 0 Å². The number of hydrogen-bond acceptors (Lipinski definition) is 1. The molecule has 0 unspecified atom stereocenters. The Kier molecular flexibility index (Phi) is 5.25. The molecule has 0 saturated heterocycles. The Morgan fingerprint density at radius 1 is 1.32 bits per heavy atom. The number of fused-ring (bicyclic) bond motifs is 1. The molecular formula is C16H22INO. The molecule has 0 aromatic heterocycles. The number of carbonyl (C=O) groups is 1. The van der Waals surface area contributed by atoms with Crippen LogP contribution in [0.2, 0.25) is 0 Å². The normalized spacial score (nSPS) is 15.6. The van der Waals surface area contributed by atoms with Crippen molar-refractivity contribution in [1.29, 1.82) is 0 Å². The molecule has 1 heterocycles. The van der Waals surface area contributed by atoms with Crippen molar-refractivity contribution < 1.29 is 4.79 Å². The van der Waals surface area contributed by atoms with E-state index in [1.54, 1.807) is 0 Å². The Balaban J connectivity index is 2.18. The molecule has 0 N–H and O–H groups in total. The number of amides is 1. The van der Waals surface area contributed by atoms with Crippen LogP contribution in [0.3, 0.4) is 0 Å². The van der Waals surface area contributed by atoms with Crippen LogP contribution in [0.15, 0.2) is 18.2 Å². The summed E-state index contributed by atoms with van der Waals surface area (Å²) in [6, 6.07) is 6.45. The first-order valence-electron chi connectivity index (χ1n) is 7.16. The predicted molar refractivity (Wildman–Crippen MR) is 88.5 cm³/mol. The minimum atomic E-state index is 0.295. The zero-order chi connectivity index (χ0) is 13.8. The van der Waals surface area contributed by atoms with Gasteiger partial charge in [0.2, 0.25) is 5.91 Å². The lowest BCUT2D eigenvalue weighted by molar-refractivity contribution is -0.118. The summed E-state index contributed by atoms with van der Waals surface area (Å²) >= 11 is 2.34. The van der Waals surface area contributed by atoms with Crippen LogP contribution in [0.4, 0.5) is 5.69 Å². The van der Waals surface area contributed by atoms with E-state index in [1.165, 1.54) is 15.6 Å². The van der Waals surface area contributed by atoms with E-state index < -0.39 is 0 Å². The summed E-state index contributed by atoms with van der Waals surface area (Å²) in [4.78, 5) is 14.3. The standard InChI is InChI=1S/C16H22INO/c1-12(2)5-4-10-18-15-9-8-14(17)11-13(15)6-3-7-16(18)19/h8-9,11-12H,3-7,10H2,1-2H3. The van der Waals surface area contributed by atoms with E-state index in [2.05, 4.69) is 54.6 Å². The molecule has 19 heavy (non-hydrogen) atoms. The molecular weight excluding hydrogens is 349 g/mol. The first-order valence-corrected chi connectivity index (χ1v) is 8.24. The third kappa shape index (κ3) is 3.94. The Morgan fingerprint density at radius 2 is 2.11 bits per heavy atom. The average molecular weight is 371 g/mol. The van der Waals surface area contributed by atoms with Crippen molar-refractivity contribution in [3.05, 3.63) is 27.3 Å². The van der Waals surface area contributed by atoms with Crippen molar-refractivity contribution in [2.24, 2.45) is 5.92 Å². The summed E-state index contributed by atoms with van der Waals surface area (Å²) < 4.78 is 1.26. The molecule has 0 saturated carbocycles. The minimum absolute atomic E-state index is 0.295. The molecule has 0 spiro atoms. The van der Waals surface area contributed by atoms with E-state index in [0.717, 1.165) is 31.5 Å². The maximum Gasteiger partial charge on any atom is 0.226 e. The van der Waals surface area contributed by atoms with Crippen LogP contribution in [0, 0.1) is 9.49 Å². The molecule has 0 bridgehead atoms. The second-order valence-electron chi connectivity index (χ2n) is 5.71. The van der Waals surface area contributed by atoms with E-state index in [1.807, 2.05) is 4.90 Å². The van der Waals surface area contributed by atoms with Crippen LogP contribution in [0.1, 0.15) is 45.1 Å². The number of aryl methyl sites for hydroxylation is 1. The van der Waals surface area contributed by atoms with Crippen molar-refractivity contribution in [3.63, 3.8) is 0 Å². The number of carbonyl (C=O) groups excluding carboxylic acids is 1. The molecule has 1 aromatic rings. The molecule has 1 aromatic carbocycles. The lowest BCUT2D eigenvalue weighted by Gasteiger charge is -2.23. The number of rotatable bonds is 4. The maximum absolute atomic E-state index is 12.3. The van der Waals surface area contributed by atoms with Crippen LogP contribution < -0.4 is 4.90 Å². The molecule has 0 aliphatic carbocycles. The fraction of sp³-hybridized carbons (Fsp3) is 0.562. The fourth-order valence-electron chi connectivity index (χ4n) is 2.62. The van der Waals surface area contributed by atoms with Crippen LogP contribution in [-0.2, 0) is 11.2 Å². The van der Waals surface area contributed by atoms with Gasteiger partial charge in [0.25, 0.3) is 0 Å². The van der Waals surface area contributed by atoms with Crippen LogP contribution >= 0.6 is 22.6 Å². The highest BCUT2D eigenvalue weighted by Crippen LogP contribution is 2.29. The molecule has 0 radical (unpaired) electrons. The lowest BCUT2D eigenvalue weighted by atomic mass is 10.1. The molecule has 1 aliphatic heterocycles. The zero-order valence-electron chi connectivity index (χ0n) is 11.8. The van der Waals surface area contributed by atoms with Gasteiger partial charge in [0.1, 0.15) is 0 Å². The summed E-state index contributed by atoms with van der Waals surface area (Å²) in [6.45, 7) is 5.34. The number of halogens is 1. The Bertz CT molecular complexity index is 456. The SMILES string of the molecule is CC(C)CCCN1C(=O)CCCc2cc(I)ccc21. The third-order valence-electron chi connectivity index (χ3n) is 3.63. The monoisotopic (exact) mass is 371 g/mol. The van der Waals surface area contributed by atoms with E-state index in [9.17, 15) is 4.79 Å². The van der Waals surface area contributed by atoms with Gasteiger partial charge in [0.15, 0.2) is 0 Å². The molecule has 2 nitrogen and oxygen atoms in total. The van der Waals surface area contributed by atoms with Crippen molar-refractivity contribution in [3.8, 4) is 0 Å². The summed E-state index contributed by atoms with van der Waals surface area (Å²) in [5, 5.41) is 0. The summed E-state index contributed by atoms with van der Waals surface area (Å²) in [5.74, 6) is 1.00. The topological polar surface area (TPSA) is 20.3 Å². The van der Waals surface area contributed by atoms with Crippen molar-refractivity contribution in [2.75, 3.05) is 11.4 Å².